The van der Waals surface area contributed by atoms with Crippen LogP contribution in [0.15, 0.2) is 0 Å². The third-order valence-electron chi connectivity index (χ3n) is 2.38. The Morgan fingerprint density at radius 1 is 1.50 bits per heavy atom. The first kappa shape index (κ1) is 9.68. The Labute approximate surface area is 73.7 Å². The zero-order valence-electron chi connectivity index (χ0n) is 7.66. The molecule has 0 N–H and O–H groups in total. The molecule has 1 fully saturated rings. The maximum absolute atomic E-state index is 9.97. The Balaban J connectivity index is 2.05. The van der Waals surface area contributed by atoms with Crippen LogP contribution >= 0.6 is 0 Å². The van der Waals surface area contributed by atoms with Gasteiger partial charge in [0.2, 0.25) is 0 Å². The average molecular weight is 171 g/mol. The van der Waals surface area contributed by atoms with Gasteiger partial charge in [0.1, 0.15) is 12.9 Å². The molecule has 70 valence electrons. The van der Waals surface area contributed by atoms with E-state index in [9.17, 15) is 4.79 Å². The van der Waals surface area contributed by atoms with E-state index in [-0.39, 0.29) is 6.61 Å². The molecule has 0 unspecified atom stereocenters. The molecule has 12 heavy (non-hydrogen) atoms. The molecule has 0 amide bonds. The molecule has 0 atom stereocenters. The molecule has 0 aliphatic carbocycles. The smallest absolute Gasteiger partial charge is 0.145 e. The lowest BCUT2D eigenvalue weighted by Crippen LogP contribution is -2.32. The number of ether oxygens (including phenoxy) is 1. The third kappa shape index (κ3) is 3.32. The van der Waals surface area contributed by atoms with Gasteiger partial charge in [-0.15, -0.1) is 0 Å². The van der Waals surface area contributed by atoms with Crippen LogP contribution in [0.25, 0.3) is 0 Å². The van der Waals surface area contributed by atoms with Crippen molar-refractivity contribution >= 4 is 6.29 Å². The van der Waals surface area contributed by atoms with E-state index in [0.29, 0.717) is 5.92 Å². The van der Waals surface area contributed by atoms with Crippen LogP contribution in [0.5, 0.6) is 0 Å². The van der Waals surface area contributed by atoms with E-state index in [0.717, 1.165) is 26.0 Å². The van der Waals surface area contributed by atoms with Crippen molar-refractivity contribution in [2.45, 2.75) is 12.8 Å². The van der Waals surface area contributed by atoms with E-state index >= 15 is 0 Å². The Morgan fingerprint density at radius 2 is 2.17 bits per heavy atom. The summed E-state index contributed by atoms with van der Waals surface area (Å²) in [6.45, 7) is 3.34. The first-order chi connectivity index (χ1) is 5.83. The summed E-state index contributed by atoms with van der Waals surface area (Å²) in [6.07, 6.45) is 3.22. The van der Waals surface area contributed by atoms with Crippen LogP contribution in [0, 0.1) is 5.92 Å². The van der Waals surface area contributed by atoms with Crippen LogP contribution in [0.4, 0.5) is 0 Å². The van der Waals surface area contributed by atoms with Crippen molar-refractivity contribution in [2.24, 2.45) is 5.92 Å². The fourth-order valence-corrected chi connectivity index (χ4v) is 1.51. The molecule has 0 aromatic carbocycles. The summed E-state index contributed by atoms with van der Waals surface area (Å²) < 4.78 is 5.17. The van der Waals surface area contributed by atoms with Crippen LogP contribution in [0.1, 0.15) is 12.8 Å². The maximum atomic E-state index is 9.97. The predicted molar refractivity (Wildman–Crippen MR) is 47.1 cm³/mol. The number of carbonyl (C=O) groups is 1. The number of likely N-dealkylation sites (tertiary alicyclic amines) is 1. The summed E-state index contributed by atoms with van der Waals surface area (Å²) in [5, 5.41) is 0. The number of piperidine rings is 1. The second-order valence-corrected chi connectivity index (χ2v) is 3.45. The van der Waals surface area contributed by atoms with Gasteiger partial charge in [-0.1, -0.05) is 0 Å². The van der Waals surface area contributed by atoms with Crippen LogP contribution in [0.2, 0.25) is 0 Å². The van der Waals surface area contributed by atoms with E-state index in [1.807, 2.05) is 0 Å². The molecule has 0 radical (unpaired) electrons. The average Bonchev–Trinajstić information content (AvgIpc) is 2.09. The largest absolute Gasteiger partial charge is 0.374 e. The summed E-state index contributed by atoms with van der Waals surface area (Å²) in [4.78, 5) is 12.3. The van der Waals surface area contributed by atoms with Gasteiger partial charge in [0.05, 0.1) is 6.61 Å². The monoisotopic (exact) mass is 171 g/mol. The lowest BCUT2D eigenvalue weighted by atomic mass is 9.98. The molecule has 3 heteroatoms. The van der Waals surface area contributed by atoms with Gasteiger partial charge in [-0.2, -0.15) is 0 Å². The molecule has 1 heterocycles. The molecular formula is C9H17NO2. The number of nitrogens with zero attached hydrogens (tertiary/aromatic N) is 1. The highest BCUT2D eigenvalue weighted by Gasteiger charge is 2.16. The van der Waals surface area contributed by atoms with Crippen LogP contribution < -0.4 is 0 Å². The number of carbonyl (C=O) groups excluding carboxylic acids is 1. The van der Waals surface area contributed by atoms with Gasteiger partial charge in [0.15, 0.2) is 0 Å². The van der Waals surface area contributed by atoms with Crippen molar-refractivity contribution < 1.29 is 9.53 Å². The minimum atomic E-state index is 0.256. The summed E-state index contributed by atoms with van der Waals surface area (Å²) in [5.41, 5.74) is 0. The first-order valence-electron chi connectivity index (χ1n) is 4.53. The SMILES string of the molecule is CN1CCC(COCC=O)CC1. The zero-order chi connectivity index (χ0) is 8.81. The lowest BCUT2D eigenvalue weighted by molar-refractivity contribution is -0.112. The highest BCUT2D eigenvalue weighted by atomic mass is 16.5. The second-order valence-electron chi connectivity index (χ2n) is 3.45. The Morgan fingerprint density at radius 3 is 2.75 bits per heavy atom. The summed E-state index contributed by atoms with van der Waals surface area (Å²) >= 11 is 0. The Bertz CT molecular complexity index is 130. The highest BCUT2D eigenvalue weighted by molar-refractivity contribution is 5.50. The number of aldehydes is 1. The molecular weight excluding hydrogens is 154 g/mol. The fourth-order valence-electron chi connectivity index (χ4n) is 1.51. The summed E-state index contributed by atoms with van der Waals surface area (Å²) in [5.74, 6) is 0.668. The Kier molecular flexibility index (Phi) is 4.25. The zero-order valence-corrected chi connectivity index (χ0v) is 7.66. The van der Waals surface area contributed by atoms with Crippen LogP contribution in [-0.4, -0.2) is 44.5 Å². The van der Waals surface area contributed by atoms with Gasteiger partial charge in [0.25, 0.3) is 0 Å². The van der Waals surface area contributed by atoms with Gasteiger partial charge in [0, 0.05) is 0 Å². The number of hydrogen-bond acceptors (Lipinski definition) is 3. The molecule has 1 rings (SSSR count). The van der Waals surface area contributed by atoms with E-state index in [1.165, 1.54) is 12.8 Å². The topological polar surface area (TPSA) is 29.5 Å². The molecule has 1 saturated heterocycles. The quantitative estimate of drug-likeness (QED) is 0.457. The van der Waals surface area contributed by atoms with Crippen LogP contribution in [0.3, 0.4) is 0 Å². The van der Waals surface area contributed by atoms with E-state index in [2.05, 4.69) is 11.9 Å². The van der Waals surface area contributed by atoms with Crippen molar-refractivity contribution in [1.82, 2.24) is 4.90 Å². The molecule has 0 aromatic heterocycles. The molecule has 0 spiro atoms. The minimum Gasteiger partial charge on any atom is -0.374 e. The summed E-state index contributed by atoms with van der Waals surface area (Å²) in [6, 6.07) is 0. The second kappa shape index (κ2) is 5.27. The van der Waals surface area contributed by atoms with E-state index < -0.39 is 0 Å². The standard InChI is InChI=1S/C9H17NO2/c1-10-4-2-9(3-5-10)8-12-7-6-11/h6,9H,2-5,7-8H2,1H3. The molecule has 0 saturated carbocycles. The van der Waals surface area contributed by atoms with Crippen molar-refractivity contribution in [3.8, 4) is 0 Å². The molecule has 0 bridgehead atoms. The normalized spacial score (nSPS) is 21.1. The predicted octanol–water partition coefficient (Wildman–Crippen LogP) is 0.544. The van der Waals surface area contributed by atoms with Gasteiger partial charge in [-0.3, -0.25) is 0 Å². The van der Waals surface area contributed by atoms with E-state index in [1.54, 1.807) is 0 Å². The maximum Gasteiger partial charge on any atom is 0.145 e. The Hall–Kier alpha value is -0.410. The summed E-state index contributed by atoms with van der Waals surface area (Å²) in [7, 11) is 2.14. The minimum absolute atomic E-state index is 0.256. The first-order valence-corrected chi connectivity index (χ1v) is 4.53. The van der Waals surface area contributed by atoms with E-state index in [4.69, 9.17) is 4.74 Å². The lowest BCUT2D eigenvalue weighted by Gasteiger charge is -2.28. The van der Waals surface area contributed by atoms with Gasteiger partial charge in [-0.25, -0.2) is 0 Å². The third-order valence-corrected chi connectivity index (χ3v) is 2.38. The number of hydrogen-bond donors (Lipinski definition) is 0. The van der Waals surface area contributed by atoms with Gasteiger partial charge >= 0.3 is 0 Å². The fraction of sp³-hybridized carbons (Fsp3) is 0.889. The molecule has 1 aliphatic rings. The van der Waals surface area contributed by atoms with Gasteiger partial charge in [-0.05, 0) is 38.9 Å². The molecule has 3 nitrogen and oxygen atoms in total. The molecule has 1 aliphatic heterocycles. The van der Waals surface area contributed by atoms with Gasteiger partial charge < -0.3 is 14.4 Å². The highest BCUT2D eigenvalue weighted by Crippen LogP contribution is 2.15. The van der Waals surface area contributed by atoms with Crippen LogP contribution in [-0.2, 0) is 9.53 Å². The van der Waals surface area contributed by atoms with Crippen molar-refractivity contribution in [1.29, 1.82) is 0 Å². The van der Waals surface area contributed by atoms with Crippen molar-refractivity contribution in [3.05, 3.63) is 0 Å². The molecule has 0 aromatic rings. The van der Waals surface area contributed by atoms with Crippen molar-refractivity contribution in [2.75, 3.05) is 33.4 Å². The number of rotatable bonds is 4. The van der Waals surface area contributed by atoms with Crippen molar-refractivity contribution in [3.63, 3.8) is 0 Å².